The summed E-state index contributed by atoms with van der Waals surface area (Å²) in [6.45, 7) is 25.3. The number of ketones is 2. The van der Waals surface area contributed by atoms with Crippen LogP contribution in [0.2, 0.25) is 0 Å². The Balaban J connectivity index is 0.000000584. The Morgan fingerprint density at radius 1 is 0.867 bits per heavy atom. The molecule has 1 heterocycles. The van der Waals surface area contributed by atoms with Crippen molar-refractivity contribution >= 4 is 11.6 Å². The molecule has 174 valence electrons. The molecule has 0 saturated heterocycles. The van der Waals surface area contributed by atoms with Gasteiger partial charge in [-0.1, -0.05) is 67.5 Å². The van der Waals surface area contributed by atoms with Crippen molar-refractivity contribution < 1.29 is 14.3 Å². The van der Waals surface area contributed by atoms with E-state index in [0.717, 1.165) is 25.3 Å². The van der Waals surface area contributed by atoms with Crippen molar-refractivity contribution in [3.8, 4) is 0 Å². The average Bonchev–Trinajstić information content (AvgIpc) is 2.98. The summed E-state index contributed by atoms with van der Waals surface area (Å²) in [6, 6.07) is 0. The molecule has 0 saturated carbocycles. The van der Waals surface area contributed by atoms with Gasteiger partial charge >= 0.3 is 0 Å². The molecule has 0 fully saturated rings. The van der Waals surface area contributed by atoms with Crippen LogP contribution in [0, 0.1) is 10.8 Å². The monoisotopic (exact) mass is 423 g/mol. The number of Topliss-reactive ketones (excluding diaryl/α,β-unsaturated/α-hetero) is 2. The standard InChI is InChI=1S/C13H25N3O.C11H20O2/c1-12(2,3)11-10-16(15-14-11)8-7-9-17-13(4,5)6;1-10(2,3)8(12)7-9(13)11(4,5)6/h10H,7-9H2,1-6H3;7H2,1-6H3. The topological polar surface area (TPSA) is 74.1 Å². The van der Waals surface area contributed by atoms with Gasteiger partial charge in [0.1, 0.15) is 11.6 Å². The number of carbonyl (C=O) groups is 2. The molecule has 0 N–H and O–H groups in total. The van der Waals surface area contributed by atoms with Gasteiger partial charge in [-0.3, -0.25) is 14.3 Å². The Bertz CT molecular complexity index is 654. The zero-order valence-electron chi connectivity index (χ0n) is 21.5. The lowest BCUT2D eigenvalue weighted by atomic mass is 9.82. The normalized spacial score (nSPS) is 12.9. The highest BCUT2D eigenvalue weighted by molar-refractivity contribution is 6.03. The molecule has 1 rings (SSSR count). The first kappa shape index (κ1) is 28.4. The second-order valence-electron chi connectivity index (χ2n) is 12.0. The van der Waals surface area contributed by atoms with Crippen molar-refractivity contribution in [3.05, 3.63) is 11.9 Å². The third kappa shape index (κ3) is 12.2. The minimum atomic E-state index is -0.402. The Kier molecular flexibility index (Phi) is 10.1. The number of hydrogen-bond donors (Lipinski definition) is 0. The first-order valence-corrected chi connectivity index (χ1v) is 10.8. The van der Waals surface area contributed by atoms with E-state index in [-0.39, 0.29) is 29.0 Å². The largest absolute Gasteiger partial charge is 0.376 e. The van der Waals surface area contributed by atoms with Gasteiger partial charge in [0, 0.05) is 35.6 Å². The van der Waals surface area contributed by atoms with E-state index in [2.05, 4.69) is 51.9 Å². The van der Waals surface area contributed by atoms with Gasteiger partial charge in [-0.2, -0.15) is 0 Å². The van der Waals surface area contributed by atoms with Crippen molar-refractivity contribution in [2.24, 2.45) is 10.8 Å². The van der Waals surface area contributed by atoms with Crippen LogP contribution in [0.5, 0.6) is 0 Å². The first-order valence-electron chi connectivity index (χ1n) is 10.8. The van der Waals surface area contributed by atoms with Gasteiger partial charge in [-0.05, 0) is 27.2 Å². The van der Waals surface area contributed by atoms with Crippen LogP contribution in [0.1, 0.15) is 102 Å². The van der Waals surface area contributed by atoms with Crippen LogP contribution in [-0.2, 0) is 26.3 Å². The molecular formula is C24H45N3O3. The molecule has 0 aliphatic heterocycles. The quantitative estimate of drug-likeness (QED) is 0.453. The summed E-state index contributed by atoms with van der Waals surface area (Å²) in [5.74, 6) is 0.0415. The number of nitrogens with zero attached hydrogens (tertiary/aromatic N) is 3. The summed E-state index contributed by atoms with van der Waals surface area (Å²) in [6.07, 6.45) is 3.05. The molecule has 1 aromatic rings. The maximum absolute atomic E-state index is 11.5. The summed E-state index contributed by atoms with van der Waals surface area (Å²) in [5, 5.41) is 8.31. The summed E-state index contributed by atoms with van der Waals surface area (Å²) in [4.78, 5) is 23.0. The predicted molar refractivity (Wildman–Crippen MR) is 123 cm³/mol. The fraction of sp³-hybridized carbons (Fsp3) is 0.833. The van der Waals surface area contributed by atoms with Gasteiger partial charge in [-0.25, -0.2) is 0 Å². The highest BCUT2D eigenvalue weighted by Gasteiger charge is 2.29. The maximum atomic E-state index is 11.5. The van der Waals surface area contributed by atoms with Gasteiger partial charge in [0.15, 0.2) is 0 Å². The Morgan fingerprint density at radius 3 is 1.67 bits per heavy atom. The fourth-order valence-electron chi connectivity index (χ4n) is 2.03. The number of carbonyl (C=O) groups excluding carboxylic acids is 2. The maximum Gasteiger partial charge on any atom is 0.145 e. The summed E-state index contributed by atoms with van der Waals surface area (Å²) in [7, 11) is 0. The molecule has 1 aromatic heterocycles. The molecule has 6 heteroatoms. The highest BCUT2D eigenvalue weighted by Crippen LogP contribution is 2.22. The van der Waals surface area contributed by atoms with E-state index in [1.54, 1.807) is 0 Å². The Morgan fingerprint density at radius 2 is 1.33 bits per heavy atom. The summed E-state index contributed by atoms with van der Waals surface area (Å²) in [5.41, 5.74) is 0.246. The Labute approximate surface area is 184 Å². The first-order chi connectivity index (χ1) is 13.2. The third-order valence-electron chi connectivity index (χ3n) is 4.37. The molecular weight excluding hydrogens is 378 g/mol. The summed E-state index contributed by atoms with van der Waals surface area (Å²) < 4.78 is 7.56. The van der Waals surface area contributed by atoms with Gasteiger partial charge in [0.2, 0.25) is 0 Å². The van der Waals surface area contributed by atoms with Crippen LogP contribution in [0.25, 0.3) is 0 Å². The van der Waals surface area contributed by atoms with Crippen LogP contribution >= 0.6 is 0 Å². The molecule has 0 aliphatic rings. The number of rotatable bonds is 6. The summed E-state index contributed by atoms with van der Waals surface area (Å²) >= 11 is 0. The molecule has 6 nitrogen and oxygen atoms in total. The van der Waals surface area contributed by atoms with Crippen LogP contribution in [0.3, 0.4) is 0 Å². The van der Waals surface area contributed by atoms with Crippen LogP contribution in [0.15, 0.2) is 6.20 Å². The lowest BCUT2D eigenvalue weighted by Crippen LogP contribution is -2.28. The van der Waals surface area contributed by atoms with Crippen molar-refractivity contribution in [1.29, 1.82) is 0 Å². The molecule has 0 aromatic carbocycles. The zero-order chi connectivity index (χ0) is 24.0. The lowest BCUT2D eigenvalue weighted by Gasteiger charge is -2.20. The van der Waals surface area contributed by atoms with Crippen LogP contribution < -0.4 is 0 Å². The second-order valence-corrected chi connectivity index (χ2v) is 12.0. The highest BCUT2D eigenvalue weighted by atomic mass is 16.5. The second kappa shape index (κ2) is 10.7. The van der Waals surface area contributed by atoms with E-state index >= 15 is 0 Å². The number of ether oxygens (including phenoxy) is 1. The van der Waals surface area contributed by atoms with Crippen molar-refractivity contribution in [1.82, 2.24) is 15.0 Å². The van der Waals surface area contributed by atoms with Crippen molar-refractivity contribution in [2.75, 3.05) is 6.61 Å². The fourth-order valence-corrected chi connectivity index (χ4v) is 2.03. The third-order valence-corrected chi connectivity index (χ3v) is 4.37. The van der Waals surface area contributed by atoms with Crippen LogP contribution in [0.4, 0.5) is 0 Å². The lowest BCUT2D eigenvalue weighted by molar-refractivity contribution is -0.135. The van der Waals surface area contributed by atoms with E-state index in [1.165, 1.54) is 0 Å². The molecule has 0 atom stereocenters. The van der Waals surface area contributed by atoms with E-state index in [1.807, 2.05) is 52.4 Å². The molecule has 0 unspecified atom stereocenters. The average molecular weight is 424 g/mol. The molecule has 0 aliphatic carbocycles. The van der Waals surface area contributed by atoms with E-state index in [0.29, 0.717) is 0 Å². The molecule has 30 heavy (non-hydrogen) atoms. The van der Waals surface area contributed by atoms with Crippen molar-refractivity contribution in [2.45, 2.75) is 113 Å². The van der Waals surface area contributed by atoms with Gasteiger partial charge < -0.3 is 4.74 Å². The van der Waals surface area contributed by atoms with Gasteiger partial charge in [-0.15, -0.1) is 5.10 Å². The van der Waals surface area contributed by atoms with E-state index < -0.39 is 10.8 Å². The molecule has 0 spiro atoms. The number of aromatic nitrogens is 3. The smallest absolute Gasteiger partial charge is 0.145 e. The zero-order valence-corrected chi connectivity index (χ0v) is 21.5. The van der Waals surface area contributed by atoms with E-state index in [9.17, 15) is 9.59 Å². The SMILES string of the molecule is CC(C)(C)C(=O)CC(=O)C(C)(C)C.CC(C)(C)OCCCn1cc(C(C)(C)C)nn1. The van der Waals surface area contributed by atoms with Gasteiger partial charge in [0.05, 0.1) is 17.7 Å². The molecule has 0 amide bonds. The minimum Gasteiger partial charge on any atom is -0.376 e. The number of aryl methyl sites for hydroxylation is 1. The predicted octanol–water partition coefficient (Wildman–Crippen LogP) is 5.39. The van der Waals surface area contributed by atoms with E-state index in [4.69, 9.17) is 4.74 Å². The van der Waals surface area contributed by atoms with Gasteiger partial charge in [0.25, 0.3) is 0 Å². The number of hydrogen-bond acceptors (Lipinski definition) is 5. The van der Waals surface area contributed by atoms with Crippen LogP contribution in [-0.4, -0.2) is 38.8 Å². The molecule has 0 radical (unpaired) electrons. The van der Waals surface area contributed by atoms with Crippen molar-refractivity contribution in [3.63, 3.8) is 0 Å². The Hall–Kier alpha value is -1.56. The minimum absolute atomic E-state index is 0.0208. The molecule has 0 bridgehead atoms.